The average Bonchev–Trinajstić information content (AvgIpc) is 2.52. The molecule has 1 fully saturated rings. The van der Waals surface area contributed by atoms with E-state index >= 15 is 0 Å². The zero-order chi connectivity index (χ0) is 16.1. The Bertz CT molecular complexity index is 540. The maximum Gasteiger partial charge on any atom is 0.256 e. The molecule has 6 heteroatoms. The number of benzene rings is 1. The van der Waals surface area contributed by atoms with Gasteiger partial charge in [-0.25, -0.2) is 4.39 Å². The molecule has 0 bridgehead atoms. The van der Waals surface area contributed by atoms with Gasteiger partial charge in [-0.3, -0.25) is 9.59 Å². The molecule has 0 aromatic heterocycles. The third kappa shape index (κ3) is 4.04. The van der Waals surface area contributed by atoms with Crippen LogP contribution in [-0.4, -0.2) is 73.3 Å². The summed E-state index contributed by atoms with van der Waals surface area (Å²) in [6.45, 7) is 2.62. The van der Waals surface area contributed by atoms with Gasteiger partial charge in [0.05, 0.1) is 5.56 Å². The largest absolute Gasteiger partial charge is 0.339 e. The summed E-state index contributed by atoms with van der Waals surface area (Å²) in [4.78, 5) is 29.7. The number of hydrogen-bond donors (Lipinski definition) is 0. The summed E-state index contributed by atoms with van der Waals surface area (Å²) in [6, 6.07) is 5.99. The van der Waals surface area contributed by atoms with Crippen LogP contribution in [0.2, 0.25) is 0 Å². The molecule has 120 valence electrons. The molecule has 0 spiro atoms. The van der Waals surface area contributed by atoms with Crippen LogP contribution in [0.25, 0.3) is 0 Å². The maximum atomic E-state index is 13.7. The van der Waals surface area contributed by atoms with Crippen molar-refractivity contribution in [1.82, 2.24) is 14.7 Å². The first-order valence-corrected chi connectivity index (χ1v) is 7.45. The predicted octanol–water partition coefficient (Wildman–Crippen LogP) is 1.06. The lowest BCUT2D eigenvalue weighted by Gasteiger charge is -2.35. The summed E-state index contributed by atoms with van der Waals surface area (Å²) in [5, 5.41) is 0. The predicted molar refractivity (Wildman–Crippen MR) is 82.1 cm³/mol. The molecule has 1 aromatic carbocycles. The van der Waals surface area contributed by atoms with Gasteiger partial charge in [-0.15, -0.1) is 0 Å². The molecular weight excluding hydrogens is 285 g/mol. The van der Waals surface area contributed by atoms with E-state index in [1.54, 1.807) is 21.9 Å². The van der Waals surface area contributed by atoms with Crippen molar-refractivity contribution in [2.75, 3.05) is 46.8 Å². The van der Waals surface area contributed by atoms with Crippen LogP contribution in [0.5, 0.6) is 0 Å². The fraction of sp³-hybridized carbons (Fsp3) is 0.500. The van der Waals surface area contributed by atoms with Gasteiger partial charge < -0.3 is 14.7 Å². The molecule has 1 saturated heterocycles. The van der Waals surface area contributed by atoms with Gasteiger partial charge >= 0.3 is 0 Å². The molecule has 2 rings (SSSR count). The Kier molecular flexibility index (Phi) is 5.49. The van der Waals surface area contributed by atoms with E-state index in [0.29, 0.717) is 39.1 Å². The number of nitrogens with zero attached hydrogens (tertiary/aromatic N) is 3. The first kappa shape index (κ1) is 16.4. The lowest BCUT2D eigenvalue weighted by atomic mass is 10.1. The summed E-state index contributed by atoms with van der Waals surface area (Å²) in [5.41, 5.74) is 0.0925. The molecule has 0 radical (unpaired) electrons. The molecular formula is C16H22FN3O2. The van der Waals surface area contributed by atoms with Crippen molar-refractivity contribution in [3.05, 3.63) is 35.6 Å². The van der Waals surface area contributed by atoms with E-state index in [1.165, 1.54) is 12.1 Å². The average molecular weight is 307 g/mol. The van der Waals surface area contributed by atoms with Crippen molar-refractivity contribution in [2.24, 2.45) is 0 Å². The molecule has 0 atom stereocenters. The number of hydrogen-bond acceptors (Lipinski definition) is 3. The zero-order valence-electron chi connectivity index (χ0n) is 13.1. The number of rotatable bonds is 4. The fourth-order valence-electron chi connectivity index (χ4n) is 2.44. The van der Waals surface area contributed by atoms with E-state index in [2.05, 4.69) is 0 Å². The number of carbonyl (C=O) groups excluding carboxylic acids is 2. The van der Waals surface area contributed by atoms with Crippen LogP contribution in [0, 0.1) is 5.82 Å². The lowest BCUT2D eigenvalue weighted by molar-refractivity contribution is -0.132. The van der Waals surface area contributed by atoms with Gasteiger partial charge in [0, 0.05) is 39.1 Å². The van der Waals surface area contributed by atoms with Crippen molar-refractivity contribution in [1.29, 1.82) is 0 Å². The maximum absolute atomic E-state index is 13.7. The highest BCUT2D eigenvalue weighted by atomic mass is 19.1. The topological polar surface area (TPSA) is 43.9 Å². The second-order valence-electron chi connectivity index (χ2n) is 5.71. The monoisotopic (exact) mass is 307 g/mol. The summed E-state index contributed by atoms with van der Waals surface area (Å²) in [7, 11) is 3.86. The number of amides is 2. The SMILES string of the molecule is CN(C)CCC(=O)N1CCN(C(=O)c2ccccc2F)CC1. The Morgan fingerprint density at radius 1 is 1.09 bits per heavy atom. The summed E-state index contributed by atoms with van der Waals surface area (Å²) in [5.74, 6) is -0.706. The van der Waals surface area contributed by atoms with Gasteiger partial charge in [0.15, 0.2) is 0 Å². The Morgan fingerprint density at radius 3 is 2.27 bits per heavy atom. The minimum Gasteiger partial charge on any atom is -0.339 e. The molecule has 0 unspecified atom stereocenters. The molecule has 0 saturated carbocycles. The van der Waals surface area contributed by atoms with Crippen molar-refractivity contribution >= 4 is 11.8 Å². The van der Waals surface area contributed by atoms with Crippen LogP contribution in [0.3, 0.4) is 0 Å². The van der Waals surface area contributed by atoms with Gasteiger partial charge in [-0.05, 0) is 26.2 Å². The van der Waals surface area contributed by atoms with Crippen LogP contribution in [0.15, 0.2) is 24.3 Å². The van der Waals surface area contributed by atoms with Crippen LogP contribution >= 0.6 is 0 Å². The summed E-state index contributed by atoms with van der Waals surface area (Å²) < 4.78 is 13.7. The molecule has 1 aromatic rings. The second kappa shape index (κ2) is 7.35. The second-order valence-corrected chi connectivity index (χ2v) is 5.71. The molecule has 5 nitrogen and oxygen atoms in total. The summed E-state index contributed by atoms with van der Waals surface area (Å²) in [6.07, 6.45) is 0.480. The van der Waals surface area contributed by atoms with E-state index in [9.17, 15) is 14.0 Å². The fourth-order valence-corrected chi connectivity index (χ4v) is 2.44. The van der Waals surface area contributed by atoms with Crippen LogP contribution in [0.1, 0.15) is 16.8 Å². The normalized spacial score (nSPS) is 15.3. The highest BCUT2D eigenvalue weighted by Crippen LogP contribution is 2.12. The van der Waals surface area contributed by atoms with Gasteiger partial charge in [0.2, 0.25) is 5.91 Å². The van der Waals surface area contributed by atoms with E-state index in [0.717, 1.165) is 0 Å². The van der Waals surface area contributed by atoms with Crippen LogP contribution in [-0.2, 0) is 4.79 Å². The molecule has 1 aliphatic heterocycles. The van der Waals surface area contributed by atoms with Gasteiger partial charge in [0.1, 0.15) is 5.82 Å². The van der Waals surface area contributed by atoms with Crippen LogP contribution < -0.4 is 0 Å². The third-order valence-corrected chi connectivity index (χ3v) is 3.80. The molecule has 1 aliphatic rings. The Labute approximate surface area is 130 Å². The Hall–Kier alpha value is -1.95. The van der Waals surface area contributed by atoms with E-state index in [1.807, 2.05) is 19.0 Å². The van der Waals surface area contributed by atoms with E-state index < -0.39 is 5.82 Å². The number of halogens is 1. The Morgan fingerprint density at radius 2 is 1.68 bits per heavy atom. The molecule has 0 aliphatic carbocycles. The summed E-state index contributed by atoms with van der Waals surface area (Å²) >= 11 is 0. The zero-order valence-corrected chi connectivity index (χ0v) is 13.1. The highest BCUT2D eigenvalue weighted by molar-refractivity contribution is 5.94. The first-order chi connectivity index (χ1) is 10.5. The quantitative estimate of drug-likeness (QED) is 0.835. The van der Waals surface area contributed by atoms with Crippen molar-refractivity contribution in [3.63, 3.8) is 0 Å². The minimum atomic E-state index is -0.503. The van der Waals surface area contributed by atoms with E-state index in [4.69, 9.17) is 0 Å². The first-order valence-electron chi connectivity index (χ1n) is 7.45. The minimum absolute atomic E-state index is 0.0925. The third-order valence-electron chi connectivity index (χ3n) is 3.80. The van der Waals surface area contributed by atoms with Gasteiger partial charge in [-0.2, -0.15) is 0 Å². The van der Waals surface area contributed by atoms with Gasteiger partial charge in [-0.1, -0.05) is 12.1 Å². The molecule has 2 amide bonds. The van der Waals surface area contributed by atoms with Crippen molar-refractivity contribution < 1.29 is 14.0 Å². The molecule has 1 heterocycles. The van der Waals surface area contributed by atoms with Crippen LogP contribution in [0.4, 0.5) is 4.39 Å². The molecule has 0 N–H and O–H groups in total. The van der Waals surface area contributed by atoms with Crippen molar-refractivity contribution in [3.8, 4) is 0 Å². The number of piperazine rings is 1. The van der Waals surface area contributed by atoms with Crippen molar-refractivity contribution in [2.45, 2.75) is 6.42 Å². The molecule has 22 heavy (non-hydrogen) atoms. The van der Waals surface area contributed by atoms with E-state index in [-0.39, 0.29) is 17.4 Å². The lowest BCUT2D eigenvalue weighted by Crippen LogP contribution is -2.51. The van der Waals surface area contributed by atoms with Gasteiger partial charge in [0.25, 0.3) is 5.91 Å². The smallest absolute Gasteiger partial charge is 0.256 e. The standard InChI is InChI=1S/C16H22FN3O2/c1-18(2)8-7-15(21)19-9-11-20(12-10-19)16(22)13-5-3-4-6-14(13)17/h3-6H,7-12H2,1-2H3. The Balaban J connectivity index is 1.88. The number of carbonyl (C=O) groups is 2. The highest BCUT2D eigenvalue weighted by Gasteiger charge is 2.25.